The van der Waals surface area contributed by atoms with E-state index in [9.17, 15) is 14.4 Å². The summed E-state index contributed by atoms with van der Waals surface area (Å²) in [5.74, 6) is -1.16. The largest absolute Gasteiger partial charge is 0.480 e. The van der Waals surface area contributed by atoms with Crippen LogP contribution in [0.1, 0.15) is 33.1 Å². The molecule has 1 rings (SSSR count). The third kappa shape index (κ3) is 4.42. The van der Waals surface area contributed by atoms with Crippen LogP contribution in [0.15, 0.2) is 0 Å². The molecule has 19 heavy (non-hydrogen) atoms. The first-order valence-corrected chi connectivity index (χ1v) is 6.39. The summed E-state index contributed by atoms with van der Waals surface area (Å²) in [6, 6.07) is -1.82. The van der Waals surface area contributed by atoms with E-state index in [0.29, 0.717) is 11.8 Å². The van der Waals surface area contributed by atoms with Crippen molar-refractivity contribution in [2.45, 2.75) is 45.2 Å². The lowest BCUT2D eigenvalue weighted by Gasteiger charge is -2.21. The Labute approximate surface area is 111 Å². The monoisotopic (exact) mass is 271 g/mol. The molecule has 0 aromatic rings. The summed E-state index contributed by atoms with van der Waals surface area (Å²) in [7, 11) is 0. The number of hydrogen-bond donors (Lipinski definition) is 4. The third-order valence-electron chi connectivity index (χ3n) is 3.79. The van der Waals surface area contributed by atoms with Crippen LogP contribution < -0.4 is 16.4 Å². The van der Waals surface area contributed by atoms with E-state index in [1.807, 2.05) is 0 Å². The van der Waals surface area contributed by atoms with Crippen LogP contribution in [0.2, 0.25) is 0 Å². The lowest BCUT2D eigenvalue weighted by atomic mass is 9.98. The van der Waals surface area contributed by atoms with Crippen LogP contribution >= 0.6 is 0 Å². The van der Waals surface area contributed by atoms with Crippen molar-refractivity contribution < 1.29 is 19.5 Å². The van der Waals surface area contributed by atoms with Crippen molar-refractivity contribution in [2.24, 2.45) is 17.6 Å². The summed E-state index contributed by atoms with van der Waals surface area (Å²) in [4.78, 5) is 33.3. The highest BCUT2D eigenvalue weighted by molar-refractivity contribution is 5.87. The number of carbonyl (C=O) groups excluding carboxylic acids is 2. The average Bonchev–Trinajstić information content (AvgIpc) is 2.59. The van der Waals surface area contributed by atoms with Crippen LogP contribution in [0.3, 0.4) is 0 Å². The van der Waals surface area contributed by atoms with Crippen molar-refractivity contribution in [1.29, 1.82) is 0 Å². The first kappa shape index (κ1) is 15.3. The fourth-order valence-corrected chi connectivity index (χ4v) is 2.34. The number of rotatable bonds is 5. The van der Waals surface area contributed by atoms with E-state index in [1.54, 1.807) is 0 Å². The number of primary amides is 1. The number of hydrogen-bond acceptors (Lipinski definition) is 3. The fourth-order valence-electron chi connectivity index (χ4n) is 2.34. The minimum Gasteiger partial charge on any atom is -0.480 e. The molecule has 0 aromatic heterocycles. The summed E-state index contributed by atoms with van der Waals surface area (Å²) >= 11 is 0. The molecule has 0 saturated heterocycles. The van der Waals surface area contributed by atoms with Gasteiger partial charge in [0.15, 0.2) is 0 Å². The molecule has 5 N–H and O–H groups in total. The predicted molar refractivity (Wildman–Crippen MR) is 68.3 cm³/mol. The zero-order valence-corrected chi connectivity index (χ0v) is 11.2. The van der Waals surface area contributed by atoms with Gasteiger partial charge in [-0.25, -0.2) is 9.59 Å². The van der Waals surface area contributed by atoms with Gasteiger partial charge in [-0.15, -0.1) is 0 Å². The molecule has 1 saturated carbocycles. The van der Waals surface area contributed by atoms with E-state index in [0.717, 1.165) is 12.8 Å². The number of carboxylic acid groups (broad SMARTS) is 1. The van der Waals surface area contributed by atoms with Crippen LogP contribution in [0, 0.1) is 11.8 Å². The molecule has 4 unspecified atom stereocenters. The Hall–Kier alpha value is -1.79. The van der Waals surface area contributed by atoms with Crippen molar-refractivity contribution in [3.63, 3.8) is 0 Å². The normalized spacial score (nSPS) is 27.6. The standard InChI is InChI=1S/C12H21N3O4/c1-6-3-4-8(7(6)2)14-12(19)15-9(11(17)18)5-10(13)16/h6-9H,3-5H2,1-2H3,(H2,13,16)(H,17,18)(H2,14,15,19). The number of aliphatic carboxylic acids is 1. The molecule has 7 heteroatoms. The summed E-state index contributed by atoms with van der Waals surface area (Å²) in [6.45, 7) is 4.18. The highest BCUT2D eigenvalue weighted by atomic mass is 16.4. The van der Waals surface area contributed by atoms with Crippen molar-refractivity contribution in [2.75, 3.05) is 0 Å². The Kier molecular flexibility index (Phi) is 5.14. The van der Waals surface area contributed by atoms with E-state index >= 15 is 0 Å². The molecule has 3 amide bonds. The van der Waals surface area contributed by atoms with Crippen LogP contribution in [0.4, 0.5) is 4.79 Å². The molecule has 0 aliphatic heterocycles. The molecule has 108 valence electrons. The molecule has 1 aliphatic carbocycles. The lowest BCUT2D eigenvalue weighted by molar-refractivity contribution is -0.140. The van der Waals surface area contributed by atoms with E-state index in [1.165, 1.54) is 0 Å². The topological polar surface area (TPSA) is 122 Å². The molecular formula is C12H21N3O4. The summed E-state index contributed by atoms with van der Waals surface area (Å²) in [5, 5.41) is 13.9. The van der Waals surface area contributed by atoms with Gasteiger partial charge in [-0.05, 0) is 24.7 Å². The molecule has 0 aromatic carbocycles. The van der Waals surface area contributed by atoms with Gasteiger partial charge in [-0.1, -0.05) is 13.8 Å². The zero-order valence-electron chi connectivity index (χ0n) is 11.2. The first-order chi connectivity index (χ1) is 8.81. The van der Waals surface area contributed by atoms with Gasteiger partial charge in [-0.2, -0.15) is 0 Å². The second-order valence-corrected chi connectivity index (χ2v) is 5.20. The second kappa shape index (κ2) is 6.40. The van der Waals surface area contributed by atoms with Gasteiger partial charge in [-0.3, -0.25) is 4.79 Å². The minimum atomic E-state index is -1.29. The van der Waals surface area contributed by atoms with Gasteiger partial charge in [0.25, 0.3) is 0 Å². The minimum absolute atomic E-state index is 0.0398. The molecule has 0 radical (unpaired) electrons. The van der Waals surface area contributed by atoms with E-state index < -0.39 is 30.4 Å². The second-order valence-electron chi connectivity index (χ2n) is 5.20. The molecule has 7 nitrogen and oxygen atoms in total. The van der Waals surface area contributed by atoms with Crippen LogP contribution in [0.25, 0.3) is 0 Å². The van der Waals surface area contributed by atoms with Gasteiger partial charge in [0.2, 0.25) is 5.91 Å². The fraction of sp³-hybridized carbons (Fsp3) is 0.750. The smallest absolute Gasteiger partial charge is 0.326 e. The molecule has 1 aliphatic rings. The summed E-state index contributed by atoms with van der Waals surface area (Å²) in [6.07, 6.45) is 1.50. The Balaban J connectivity index is 2.49. The third-order valence-corrected chi connectivity index (χ3v) is 3.79. The quantitative estimate of drug-likeness (QED) is 0.564. The van der Waals surface area contributed by atoms with Gasteiger partial charge in [0, 0.05) is 6.04 Å². The van der Waals surface area contributed by atoms with Gasteiger partial charge >= 0.3 is 12.0 Å². The molecule has 1 fully saturated rings. The maximum atomic E-state index is 11.7. The Morgan fingerprint density at radius 1 is 1.32 bits per heavy atom. The van der Waals surface area contributed by atoms with E-state index in [2.05, 4.69) is 24.5 Å². The summed E-state index contributed by atoms with van der Waals surface area (Å²) < 4.78 is 0. The maximum absolute atomic E-state index is 11.7. The number of carboxylic acids is 1. The summed E-state index contributed by atoms with van der Waals surface area (Å²) in [5.41, 5.74) is 4.94. The van der Waals surface area contributed by atoms with Crippen LogP contribution in [-0.4, -0.2) is 35.1 Å². The predicted octanol–water partition coefficient (Wildman–Crippen LogP) is 0.0488. The van der Waals surface area contributed by atoms with E-state index in [-0.39, 0.29) is 6.04 Å². The number of amides is 3. The zero-order chi connectivity index (χ0) is 14.6. The molecule has 4 atom stereocenters. The molecule has 0 heterocycles. The highest BCUT2D eigenvalue weighted by Crippen LogP contribution is 2.30. The molecule has 0 bridgehead atoms. The van der Waals surface area contributed by atoms with E-state index in [4.69, 9.17) is 10.8 Å². The van der Waals surface area contributed by atoms with Crippen LogP contribution in [0.5, 0.6) is 0 Å². The van der Waals surface area contributed by atoms with Crippen LogP contribution in [-0.2, 0) is 9.59 Å². The number of carbonyl (C=O) groups is 3. The highest BCUT2D eigenvalue weighted by Gasteiger charge is 2.31. The molecule has 0 spiro atoms. The van der Waals surface area contributed by atoms with Crippen molar-refractivity contribution in [3.8, 4) is 0 Å². The van der Waals surface area contributed by atoms with Crippen molar-refractivity contribution >= 4 is 17.9 Å². The Morgan fingerprint density at radius 2 is 1.95 bits per heavy atom. The van der Waals surface area contributed by atoms with Gasteiger partial charge in [0.1, 0.15) is 6.04 Å². The average molecular weight is 271 g/mol. The number of nitrogens with two attached hydrogens (primary N) is 1. The SMILES string of the molecule is CC1CCC(NC(=O)NC(CC(N)=O)C(=O)O)C1C. The van der Waals surface area contributed by atoms with Gasteiger partial charge in [0.05, 0.1) is 6.42 Å². The van der Waals surface area contributed by atoms with Crippen molar-refractivity contribution in [1.82, 2.24) is 10.6 Å². The Morgan fingerprint density at radius 3 is 2.37 bits per heavy atom. The first-order valence-electron chi connectivity index (χ1n) is 6.39. The maximum Gasteiger partial charge on any atom is 0.326 e. The lowest BCUT2D eigenvalue weighted by Crippen LogP contribution is -2.50. The van der Waals surface area contributed by atoms with Gasteiger partial charge < -0.3 is 21.5 Å². The Bertz CT molecular complexity index is 372. The number of nitrogens with one attached hydrogen (secondary N) is 2. The molecular weight excluding hydrogens is 250 g/mol. The van der Waals surface area contributed by atoms with Crippen molar-refractivity contribution in [3.05, 3.63) is 0 Å². The number of urea groups is 1.